The Hall–Kier alpha value is -1.88. The molecule has 150 valence electrons. The van der Waals surface area contributed by atoms with E-state index in [9.17, 15) is 4.79 Å². The van der Waals surface area contributed by atoms with Crippen molar-refractivity contribution < 1.29 is 4.79 Å². The summed E-state index contributed by atoms with van der Waals surface area (Å²) in [4.78, 5) is 22.2. The lowest BCUT2D eigenvalue weighted by Crippen LogP contribution is -2.41. The number of amides is 1. The molecule has 3 fully saturated rings. The van der Waals surface area contributed by atoms with Gasteiger partial charge in [0.15, 0.2) is 0 Å². The number of hydrogen-bond donors (Lipinski definition) is 0. The number of benzene rings is 1. The summed E-state index contributed by atoms with van der Waals surface area (Å²) >= 11 is 0. The van der Waals surface area contributed by atoms with Crippen LogP contribution in [0, 0.1) is 5.92 Å². The molecule has 1 atom stereocenters. The zero-order valence-electron chi connectivity index (χ0n) is 17.0. The van der Waals surface area contributed by atoms with Crippen LogP contribution in [0.15, 0.2) is 24.3 Å². The minimum atomic E-state index is 0.393. The lowest BCUT2D eigenvalue weighted by Gasteiger charge is -2.37. The maximum atomic E-state index is 12.5. The predicted octanol–water partition coefficient (Wildman–Crippen LogP) is 3.54. The average Bonchev–Trinajstić information content (AvgIpc) is 3.51. The number of aryl methyl sites for hydroxylation is 1. The molecule has 28 heavy (non-hydrogen) atoms. The van der Waals surface area contributed by atoms with Crippen LogP contribution in [0.1, 0.15) is 56.7 Å². The summed E-state index contributed by atoms with van der Waals surface area (Å²) in [7, 11) is 2.16. The van der Waals surface area contributed by atoms with E-state index >= 15 is 0 Å². The summed E-state index contributed by atoms with van der Waals surface area (Å²) in [6, 6.07) is 9.02. The van der Waals surface area contributed by atoms with E-state index in [2.05, 4.69) is 45.7 Å². The van der Waals surface area contributed by atoms with Crippen LogP contribution in [-0.2, 0) is 11.8 Å². The summed E-state index contributed by atoms with van der Waals surface area (Å²) in [5.41, 5.74) is 2.35. The van der Waals surface area contributed by atoms with E-state index in [1.807, 2.05) is 0 Å². The Morgan fingerprint density at radius 1 is 1.00 bits per heavy atom. The highest BCUT2D eigenvalue weighted by Gasteiger charge is 2.33. The third-order valence-electron chi connectivity index (χ3n) is 7.18. The normalized spacial score (nSPS) is 25.4. The van der Waals surface area contributed by atoms with Crippen LogP contribution in [0.3, 0.4) is 0 Å². The van der Waals surface area contributed by atoms with Crippen LogP contribution >= 0.6 is 0 Å². The van der Waals surface area contributed by atoms with Gasteiger partial charge in [0.2, 0.25) is 5.91 Å². The molecule has 5 heteroatoms. The first-order valence-corrected chi connectivity index (χ1v) is 11.1. The van der Waals surface area contributed by atoms with Crippen molar-refractivity contribution in [2.45, 2.75) is 56.9 Å². The molecule has 5 rings (SSSR count). The van der Waals surface area contributed by atoms with Gasteiger partial charge in [-0.3, -0.25) is 4.79 Å². The molecule has 2 aliphatic heterocycles. The molecule has 3 heterocycles. The maximum absolute atomic E-state index is 12.5. The second-order valence-corrected chi connectivity index (χ2v) is 9.09. The molecule has 3 aliphatic rings. The average molecular weight is 381 g/mol. The van der Waals surface area contributed by atoms with Gasteiger partial charge in [0, 0.05) is 38.5 Å². The third-order valence-corrected chi connectivity index (χ3v) is 7.18. The number of para-hydroxylation sites is 2. The van der Waals surface area contributed by atoms with Gasteiger partial charge in [-0.25, -0.2) is 4.98 Å². The van der Waals surface area contributed by atoms with E-state index in [1.54, 1.807) is 0 Å². The molecular weight excluding hydrogens is 348 g/mol. The summed E-state index contributed by atoms with van der Waals surface area (Å²) in [5.74, 6) is 2.98. The van der Waals surface area contributed by atoms with Gasteiger partial charge in [-0.15, -0.1) is 0 Å². The molecule has 1 aromatic heterocycles. The van der Waals surface area contributed by atoms with E-state index in [4.69, 9.17) is 4.98 Å². The molecule has 0 radical (unpaired) electrons. The van der Waals surface area contributed by atoms with Crippen molar-refractivity contribution in [3.05, 3.63) is 30.1 Å². The highest BCUT2D eigenvalue weighted by Crippen LogP contribution is 2.33. The number of carbonyl (C=O) groups excluding carboxylic acids is 1. The highest BCUT2D eigenvalue weighted by molar-refractivity contribution is 5.76. The van der Waals surface area contributed by atoms with Crippen LogP contribution in [-0.4, -0.2) is 57.5 Å². The molecule has 1 aromatic carbocycles. The molecule has 0 bridgehead atoms. The maximum Gasteiger partial charge on any atom is 0.222 e. The number of rotatable bonds is 4. The Labute approximate surface area is 167 Å². The molecule has 5 nitrogen and oxygen atoms in total. The minimum Gasteiger partial charge on any atom is -0.342 e. The van der Waals surface area contributed by atoms with Gasteiger partial charge in [0.05, 0.1) is 11.0 Å². The van der Waals surface area contributed by atoms with Gasteiger partial charge in [-0.05, 0) is 69.7 Å². The van der Waals surface area contributed by atoms with Crippen molar-refractivity contribution in [3.63, 3.8) is 0 Å². The van der Waals surface area contributed by atoms with Gasteiger partial charge < -0.3 is 14.4 Å². The Morgan fingerprint density at radius 2 is 1.79 bits per heavy atom. The molecular formula is C23H32N4O. The van der Waals surface area contributed by atoms with E-state index in [-0.39, 0.29) is 0 Å². The number of hydrogen-bond acceptors (Lipinski definition) is 3. The van der Waals surface area contributed by atoms with Gasteiger partial charge in [-0.2, -0.15) is 0 Å². The topological polar surface area (TPSA) is 41.4 Å². The van der Waals surface area contributed by atoms with Crippen LogP contribution in [0.2, 0.25) is 0 Å². The van der Waals surface area contributed by atoms with Gasteiger partial charge in [0.1, 0.15) is 5.82 Å². The molecule has 1 aliphatic carbocycles. The van der Waals surface area contributed by atoms with Crippen molar-refractivity contribution in [1.82, 2.24) is 19.4 Å². The van der Waals surface area contributed by atoms with Crippen LogP contribution in [0.5, 0.6) is 0 Å². The second kappa shape index (κ2) is 7.51. The largest absolute Gasteiger partial charge is 0.342 e. The molecule has 0 N–H and O–H groups in total. The van der Waals surface area contributed by atoms with Crippen LogP contribution < -0.4 is 0 Å². The lowest BCUT2D eigenvalue weighted by molar-refractivity contribution is -0.130. The van der Waals surface area contributed by atoms with E-state index in [0.717, 1.165) is 56.9 Å². The quantitative estimate of drug-likeness (QED) is 0.815. The van der Waals surface area contributed by atoms with Crippen molar-refractivity contribution in [2.75, 3.05) is 26.2 Å². The van der Waals surface area contributed by atoms with Gasteiger partial charge >= 0.3 is 0 Å². The first-order valence-electron chi connectivity index (χ1n) is 11.1. The minimum absolute atomic E-state index is 0.393. The van der Waals surface area contributed by atoms with Crippen molar-refractivity contribution in [3.8, 4) is 0 Å². The van der Waals surface area contributed by atoms with Gasteiger partial charge in [0.25, 0.3) is 0 Å². The monoisotopic (exact) mass is 380 g/mol. The standard InChI is InChI=1S/C23H32N4O/c1-25-21-5-3-2-4-20(21)24-23(25)18-10-13-26(14-11-18)19-8-9-22(28)27(15-12-19)16-17-6-7-17/h2-5,17-19H,6-16H2,1H3. The number of aromatic nitrogens is 2. The zero-order valence-corrected chi connectivity index (χ0v) is 17.0. The Balaban J connectivity index is 1.20. The molecule has 2 aromatic rings. The van der Waals surface area contributed by atoms with Gasteiger partial charge in [-0.1, -0.05) is 12.1 Å². The lowest BCUT2D eigenvalue weighted by atomic mass is 9.93. The number of imidazole rings is 1. The SMILES string of the molecule is Cn1c(C2CCN(C3CCC(=O)N(CC4CC4)CC3)CC2)nc2ccccc21. The molecule has 1 unspecified atom stereocenters. The summed E-state index contributed by atoms with van der Waals surface area (Å²) < 4.78 is 2.29. The summed E-state index contributed by atoms with van der Waals surface area (Å²) in [5, 5.41) is 0. The number of fused-ring (bicyclic) bond motifs is 1. The Morgan fingerprint density at radius 3 is 2.54 bits per heavy atom. The number of piperidine rings is 1. The first-order chi connectivity index (χ1) is 13.7. The molecule has 1 amide bonds. The predicted molar refractivity (Wildman–Crippen MR) is 111 cm³/mol. The first kappa shape index (κ1) is 18.2. The van der Waals surface area contributed by atoms with Crippen LogP contribution in [0.4, 0.5) is 0 Å². The zero-order chi connectivity index (χ0) is 19.1. The van der Waals surface area contributed by atoms with Crippen molar-refractivity contribution >= 4 is 16.9 Å². The second-order valence-electron chi connectivity index (χ2n) is 9.09. The third kappa shape index (κ3) is 3.57. The number of carbonyl (C=O) groups is 1. The smallest absolute Gasteiger partial charge is 0.222 e. The fourth-order valence-corrected chi connectivity index (χ4v) is 5.24. The van der Waals surface area contributed by atoms with E-state index < -0.39 is 0 Å². The van der Waals surface area contributed by atoms with Crippen LogP contribution in [0.25, 0.3) is 11.0 Å². The molecule has 1 saturated carbocycles. The summed E-state index contributed by atoms with van der Waals surface area (Å²) in [6.45, 7) is 4.25. The fourth-order valence-electron chi connectivity index (χ4n) is 5.24. The molecule has 0 spiro atoms. The summed E-state index contributed by atoms with van der Waals surface area (Å²) in [6.07, 6.45) is 7.92. The van der Waals surface area contributed by atoms with Crippen molar-refractivity contribution in [1.29, 1.82) is 0 Å². The molecule has 2 saturated heterocycles. The number of nitrogens with zero attached hydrogens (tertiary/aromatic N) is 4. The van der Waals surface area contributed by atoms with Crippen molar-refractivity contribution in [2.24, 2.45) is 13.0 Å². The highest BCUT2D eigenvalue weighted by atomic mass is 16.2. The number of likely N-dealkylation sites (tertiary alicyclic amines) is 2. The van der Waals surface area contributed by atoms with E-state index in [1.165, 1.54) is 37.0 Å². The Bertz CT molecular complexity index is 847. The fraction of sp³-hybridized carbons (Fsp3) is 0.652. The Kier molecular flexibility index (Phi) is 4.87. The van der Waals surface area contributed by atoms with E-state index in [0.29, 0.717) is 17.9 Å².